The van der Waals surface area contributed by atoms with Gasteiger partial charge in [-0.15, -0.1) is 0 Å². The van der Waals surface area contributed by atoms with Gasteiger partial charge in [-0.05, 0) is 60.0 Å². The molecular formula is C26H24F3NO7S. The van der Waals surface area contributed by atoms with Crippen molar-refractivity contribution in [3.8, 4) is 22.6 Å². The molecule has 1 atom stereocenters. The minimum absolute atomic E-state index is 0.00459. The van der Waals surface area contributed by atoms with Gasteiger partial charge in [0.25, 0.3) is 10.0 Å². The van der Waals surface area contributed by atoms with Crippen molar-refractivity contribution < 1.29 is 46.1 Å². The van der Waals surface area contributed by atoms with Crippen LogP contribution in [0.15, 0.2) is 71.6 Å². The van der Waals surface area contributed by atoms with E-state index < -0.39 is 38.7 Å². The topological polar surface area (TPSA) is 113 Å². The Labute approximate surface area is 216 Å². The van der Waals surface area contributed by atoms with Crippen molar-refractivity contribution in [2.75, 3.05) is 24.1 Å². The third-order valence-corrected chi connectivity index (χ3v) is 7.62. The largest absolute Gasteiger partial charge is 0.491 e. The standard InChI is InChI=1S/C26H24F3NO7S/c27-26(28,29)19-4-2-6-22(15-19)38(34,35)30-16-21(8-10-25(32)33)37-24-9-7-18(14-23(24)30)17-3-1-5-20(13-17)36-12-11-31/h1-7,9,13-15,21,31H,8,10-12,16H2,(H,32,33)/t21-/m0/s1. The summed E-state index contributed by atoms with van der Waals surface area (Å²) in [5.41, 5.74) is 0.235. The van der Waals surface area contributed by atoms with Gasteiger partial charge in [-0.1, -0.05) is 24.3 Å². The molecule has 1 aliphatic rings. The first-order valence-corrected chi connectivity index (χ1v) is 13.0. The summed E-state index contributed by atoms with van der Waals surface area (Å²) < 4.78 is 79.6. The van der Waals surface area contributed by atoms with Crippen molar-refractivity contribution in [3.63, 3.8) is 0 Å². The van der Waals surface area contributed by atoms with Crippen LogP contribution in [0.3, 0.4) is 0 Å². The number of anilines is 1. The number of hydrogen-bond acceptors (Lipinski definition) is 6. The monoisotopic (exact) mass is 551 g/mol. The Morgan fingerprint density at radius 3 is 2.50 bits per heavy atom. The number of sulfonamides is 1. The Bertz CT molecular complexity index is 1430. The first-order valence-electron chi connectivity index (χ1n) is 11.6. The van der Waals surface area contributed by atoms with E-state index in [1.54, 1.807) is 36.4 Å². The van der Waals surface area contributed by atoms with Crippen molar-refractivity contribution in [1.82, 2.24) is 0 Å². The summed E-state index contributed by atoms with van der Waals surface area (Å²) in [5, 5.41) is 18.1. The van der Waals surface area contributed by atoms with Gasteiger partial charge in [-0.3, -0.25) is 9.10 Å². The van der Waals surface area contributed by atoms with Gasteiger partial charge in [-0.25, -0.2) is 8.42 Å². The van der Waals surface area contributed by atoms with Crippen LogP contribution in [-0.4, -0.2) is 50.5 Å². The minimum atomic E-state index is -4.74. The number of hydrogen-bond donors (Lipinski definition) is 2. The first-order chi connectivity index (χ1) is 18.0. The molecule has 1 heterocycles. The lowest BCUT2D eigenvalue weighted by atomic mass is 10.0. The summed E-state index contributed by atoms with van der Waals surface area (Å²) in [6.45, 7) is -0.379. The number of alkyl halides is 3. The number of fused-ring (bicyclic) bond motifs is 1. The number of carboxylic acids is 1. The number of carboxylic acid groups (broad SMARTS) is 1. The molecule has 1 aliphatic heterocycles. The molecule has 3 aromatic rings. The fourth-order valence-corrected chi connectivity index (χ4v) is 5.59. The zero-order chi connectivity index (χ0) is 27.5. The molecule has 0 aromatic heterocycles. The second-order valence-electron chi connectivity index (χ2n) is 8.52. The third kappa shape index (κ3) is 6.03. The summed E-state index contributed by atoms with van der Waals surface area (Å²) in [6, 6.07) is 15.1. The highest BCUT2D eigenvalue weighted by atomic mass is 32.2. The van der Waals surface area contributed by atoms with E-state index in [4.69, 9.17) is 19.7 Å². The summed E-state index contributed by atoms with van der Waals surface area (Å²) in [5.74, 6) is -0.461. The Morgan fingerprint density at radius 1 is 1.05 bits per heavy atom. The normalized spacial score (nSPS) is 15.5. The van der Waals surface area contributed by atoms with Gasteiger partial charge in [0.05, 0.1) is 29.3 Å². The lowest BCUT2D eigenvalue weighted by Crippen LogP contribution is -2.43. The zero-order valence-electron chi connectivity index (χ0n) is 19.9. The number of halogens is 3. The number of ether oxygens (including phenoxy) is 2. The van der Waals surface area contributed by atoms with Crippen LogP contribution in [0.1, 0.15) is 18.4 Å². The maximum absolute atomic E-state index is 13.7. The molecule has 0 spiro atoms. The van der Waals surface area contributed by atoms with Crippen molar-refractivity contribution >= 4 is 21.7 Å². The van der Waals surface area contributed by atoms with Gasteiger partial charge in [-0.2, -0.15) is 13.2 Å². The van der Waals surface area contributed by atoms with Gasteiger partial charge in [0.15, 0.2) is 0 Å². The number of aliphatic hydroxyl groups is 1. The van der Waals surface area contributed by atoms with Crippen LogP contribution in [-0.2, 0) is 21.0 Å². The predicted molar refractivity (Wildman–Crippen MR) is 132 cm³/mol. The second kappa shape index (κ2) is 10.9. The molecule has 0 saturated heterocycles. The molecule has 12 heteroatoms. The van der Waals surface area contributed by atoms with Crippen LogP contribution < -0.4 is 13.8 Å². The Morgan fingerprint density at radius 2 is 1.79 bits per heavy atom. The second-order valence-corrected chi connectivity index (χ2v) is 10.4. The predicted octanol–water partition coefficient (Wildman–Crippen LogP) is 4.56. The number of carbonyl (C=O) groups is 1. The summed E-state index contributed by atoms with van der Waals surface area (Å²) in [4.78, 5) is 10.5. The van der Waals surface area contributed by atoms with Crippen LogP contribution in [0, 0.1) is 0 Å². The van der Waals surface area contributed by atoms with Gasteiger partial charge < -0.3 is 19.7 Å². The molecule has 2 N–H and O–H groups in total. The van der Waals surface area contributed by atoms with Crippen molar-refractivity contribution in [2.24, 2.45) is 0 Å². The molecule has 0 amide bonds. The quantitative estimate of drug-likeness (QED) is 0.401. The van der Waals surface area contributed by atoms with E-state index in [0.717, 1.165) is 22.5 Å². The van der Waals surface area contributed by atoms with E-state index in [-0.39, 0.29) is 44.0 Å². The molecule has 0 aliphatic carbocycles. The molecule has 0 bridgehead atoms. The highest BCUT2D eigenvalue weighted by Gasteiger charge is 2.37. The average Bonchev–Trinajstić information content (AvgIpc) is 2.89. The van der Waals surface area contributed by atoms with Crippen LogP contribution in [0.25, 0.3) is 11.1 Å². The molecule has 3 aromatic carbocycles. The van der Waals surface area contributed by atoms with E-state index >= 15 is 0 Å². The van der Waals surface area contributed by atoms with Crippen LogP contribution in [0.5, 0.6) is 11.5 Å². The fraction of sp³-hybridized carbons (Fsp3) is 0.269. The minimum Gasteiger partial charge on any atom is -0.491 e. The lowest BCUT2D eigenvalue weighted by molar-refractivity contribution is -0.138. The Kier molecular flexibility index (Phi) is 7.83. The molecule has 38 heavy (non-hydrogen) atoms. The molecule has 8 nitrogen and oxygen atoms in total. The summed E-state index contributed by atoms with van der Waals surface area (Å²) in [7, 11) is -4.50. The van der Waals surface area contributed by atoms with Gasteiger partial charge in [0.1, 0.15) is 24.2 Å². The van der Waals surface area contributed by atoms with Crippen LogP contribution >= 0.6 is 0 Å². The Balaban J connectivity index is 1.78. The SMILES string of the molecule is O=C(O)CC[C@H]1CN(S(=O)(=O)c2cccc(C(F)(F)F)c2)c2cc(-c3cccc(OCCO)c3)ccc2O1. The average molecular weight is 552 g/mol. The molecular weight excluding hydrogens is 527 g/mol. The Hall–Kier alpha value is -3.77. The molecule has 0 saturated carbocycles. The van der Waals surface area contributed by atoms with Crippen molar-refractivity contribution in [1.29, 1.82) is 0 Å². The van der Waals surface area contributed by atoms with Crippen molar-refractivity contribution in [2.45, 2.75) is 30.0 Å². The van der Waals surface area contributed by atoms with Gasteiger partial charge >= 0.3 is 12.1 Å². The van der Waals surface area contributed by atoms with Crippen molar-refractivity contribution in [3.05, 3.63) is 72.3 Å². The number of benzene rings is 3. The lowest BCUT2D eigenvalue weighted by Gasteiger charge is -2.36. The van der Waals surface area contributed by atoms with Gasteiger partial charge in [0, 0.05) is 6.42 Å². The smallest absolute Gasteiger partial charge is 0.416 e. The number of nitrogens with zero attached hydrogens (tertiary/aromatic N) is 1. The number of rotatable bonds is 9. The highest BCUT2D eigenvalue weighted by molar-refractivity contribution is 7.92. The summed E-state index contributed by atoms with van der Waals surface area (Å²) in [6.07, 6.45) is -5.86. The molecule has 4 rings (SSSR count). The van der Waals surface area contributed by atoms with E-state index in [2.05, 4.69) is 0 Å². The first kappa shape index (κ1) is 27.3. The fourth-order valence-electron chi connectivity index (χ4n) is 4.04. The van der Waals surface area contributed by atoms with E-state index in [1.165, 1.54) is 6.07 Å². The zero-order valence-corrected chi connectivity index (χ0v) is 20.7. The molecule has 0 unspecified atom stereocenters. The van der Waals surface area contributed by atoms with Gasteiger partial charge in [0.2, 0.25) is 0 Å². The number of aliphatic carboxylic acids is 1. The van der Waals surface area contributed by atoms with E-state index in [1.807, 2.05) is 0 Å². The van der Waals surface area contributed by atoms with E-state index in [9.17, 15) is 26.4 Å². The molecule has 0 fully saturated rings. The molecule has 0 radical (unpaired) electrons. The third-order valence-electron chi connectivity index (χ3n) is 5.85. The summed E-state index contributed by atoms with van der Waals surface area (Å²) >= 11 is 0. The van der Waals surface area contributed by atoms with E-state index in [0.29, 0.717) is 22.9 Å². The maximum atomic E-state index is 13.7. The maximum Gasteiger partial charge on any atom is 0.416 e. The number of aliphatic hydroxyl groups excluding tert-OH is 1. The molecule has 202 valence electrons. The van der Waals surface area contributed by atoms with Crippen LogP contribution in [0.2, 0.25) is 0 Å². The highest BCUT2D eigenvalue weighted by Crippen LogP contribution is 2.41. The van der Waals surface area contributed by atoms with Crippen LogP contribution in [0.4, 0.5) is 18.9 Å².